The minimum atomic E-state index is -2.94. The fraction of sp³-hybridized carbons (Fsp3) is 0. The molecule has 48 heavy (non-hydrogen) atoms. The molecule has 0 aliphatic rings. The Hall–Kier alpha value is -6.46. The third-order valence-electron chi connectivity index (χ3n) is 9.44. The lowest BCUT2D eigenvalue weighted by molar-refractivity contribution is 1.17. The van der Waals surface area contributed by atoms with Crippen LogP contribution in [0.15, 0.2) is 176 Å². The molecule has 0 saturated carbocycles. The van der Waals surface area contributed by atoms with Crippen molar-refractivity contribution < 1.29 is 0 Å². The second kappa shape index (κ2) is 12.0. The number of aromatic nitrogens is 1. The van der Waals surface area contributed by atoms with Gasteiger partial charge in [0.1, 0.15) is 6.07 Å². The molecule has 7 aromatic carbocycles. The summed E-state index contributed by atoms with van der Waals surface area (Å²) in [5.41, 5.74) is 5.51. The van der Waals surface area contributed by atoms with Crippen molar-refractivity contribution in [3.8, 4) is 29.0 Å². The predicted molar refractivity (Wildman–Crippen MR) is 199 cm³/mol. The zero-order chi connectivity index (χ0) is 32.5. The van der Waals surface area contributed by atoms with Gasteiger partial charge in [0, 0.05) is 16.3 Å². The molecule has 0 aliphatic heterocycles. The number of hydrogen-bond donors (Lipinski definition) is 0. The zero-order valence-corrected chi connectivity index (χ0v) is 27.1. The van der Waals surface area contributed by atoms with Gasteiger partial charge in [-0.1, -0.05) is 152 Å². The van der Waals surface area contributed by atoms with Gasteiger partial charge in [-0.05, 0) is 50.6 Å². The van der Waals surface area contributed by atoms with Gasteiger partial charge in [-0.15, -0.1) is 0 Å². The Labute approximate surface area is 280 Å². The molecule has 4 heteroatoms. The van der Waals surface area contributed by atoms with E-state index in [9.17, 15) is 10.5 Å². The average Bonchev–Trinajstić information content (AvgIpc) is 3.50. The minimum Gasteiger partial charge on any atom is -0.308 e. The quantitative estimate of drug-likeness (QED) is 0.141. The van der Waals surface area contributed by atoms with Crippen LogP contribution in [-0.2, 0) is 0 Å². The molecule has 0 spiro atoms. The van der Waals surface area contributed by atoms with Crippen molar-refractivity contribution in [1.29, 1.82) is 10.5 Å². The molecule has 0 radical (unpaired) electrons. The van der Waals surface area contributed by atoms with Crippen molar-refractivity contribution in [3.63, 3.8) is 0 Å². The van der Waals surface area contributed by atoms with E-state index < -0.39 is 8.07 Å². The topological polar surface area (TPSA) is 52.5 Å². The van der Waals surface area contributed by atoms with Gasteiger partial charge in [-0.3, -0.25) is 0 Å². The Kier molecular flexibility index (Phi) is 7.27. The van der Waals surface area contributed by atoms with Crippen LogP contribution in [0, 0.1) is 22.7 Å². The average molecular weight is 628 g/mol. The lowest BCUT2D eigenvalue weighted by Gasteiger charge is -2.36. The summed E-state index contributed by atoms with van der Waals surface area (Å²) in [6.07, 6.45) is 0. The number of nitrogens with zero attached hydrogens (tertiary/aromatic N) is 3. The molecule has 224 valence electrons. The molecule has 0 unspecified atom stereocenters. The SMILES string of the molecule is N#Cc1cc(C#N)c(-n2c3ccccc3c3ccccc32)cc1-c1ccccc1[Si](c1ccccc1)(c1ccccc1)c1ccccc1. The van der Waals surface area contributed by atoms with E-state index in [4.69, 9.17) is 0 Å². The van der Waals surface area contributed by atoms with Crippen LogP contribution >= 0.6 is 0 Å². The summed E-state index contributed by atoms with van der Waals surface area (Å²) in [6.45, 7) is 0. The third-order valence-corrected chi connectivity index (χ3v) is 14.3. The smallest absolute Gasteiger partial charge is 0.180 e. The van der Waals surface area contributed by atoms with Gasteiger partial charge in [0.05, 0.1) is 33.9 Å². The van der Waals surface area contributed by atoms with Crippen molar-refractivity contribution in [1.82, 2.24) is 4.57 Å². The van der Waals surface area contributed by atoms with E-state index in [2.05, 4.69) is 162 Å². The van der Waals surface area contributed by atoms with Gasteiger partial charge in [-0.25, -0.2) is 0 Å². The number of para-hydroxylation sites is 2. The normalized spacial score (nSPS) is 11.3. The molecular weight excluding hydrogens is 599 g/mol. The number of benzene rings is 7. The molecule has 0 amide bonds. The second-order valence-corrected chi connectivity index (χ2v) is 15.7. The predicted octanol–water partition coefficient (Wildman–Crippen LogP) is 7.57. The Bertz CT molecular complexity index is 2370. The number of fused-ring (bicyclic) bond motifs is 3. The van der Waals surface area contributed by atoms with Gasteiger partial charge in [0.25, 0.3) is 0 Å². The molecule has 8 aromatic rings. The molecule has 0 aliphatic carbocycles. The van der Waals surface area contributed by atoms with Crippen LogP contribution in [0.5, 0.6) is 0 Å². The van der Waals surface area contributed by atoms with Gasteiger partial charge < -0.3 is 4.57 Å². The Morgan fingerprint density at radius 1 is 0.417 bits per heavy atom. The van der Waals surface area contributed by atoms with Gasteiger partial charge in [0.2, 0.25) is 0 Å². The number of nitriles is 2. The molecule has 1 heterocycles. The van der Waals surface area contributed by atoms with E-state index >= 15 is 0 Å². The van der Waals surface area contributed by atoms with Crippen LogP contribution in [0.4, 0.5) is 0 Å². The summed E-state index contributed by atoms with van der Waals surface area (Å²) >= 11 is 0. The molecule has 8 rings (SSSR count). The molecule has 1 aromatic heterocycles. The fourth-order valence-corrected chi connectivity index (χ4v) is 12.4. The third kappa shape index (κ3) is 4.48. The van der Waals surface area contributed by atoms with Gasteiger partial charge in [0.15, 0.2) is 8.07 Å². The molecule has 0 saturated heterocycles. The molecule has 0 N–H and O–H groups in total. The highest BCUT2D eigenvalue weighted by atomic mass is 28.3. The Morgan fingerprint density at radius 2 is 0.854 bits per heavy atom. The van der Waals surface area contributed by atoms with Crippen molar-refractivity contribution in [2.24, 2.45) is 0 Å². The first-order chi connectivity index (χ1) is 23.8. The maximum absolute atomic E-state index is 10.7. The molecule has 3 nitrogen and oxygen atoms in total. The van der Waals surface area contributed by atoms with Crippen LogP contribution in [0.25, 0.3) is 38.6 Å². The standard InChI is InChI=1S/C44H29N3Si/c45-30-32-28-33(31-46)43(47-41-25-13-10-22-37(41)38-23-11-14-26-42(38)47)29-40(32)39-24-12-15-27-44(39)48(34-16-4-1-5-17-34,35-18-6-2-7-19-35)36-20-8-3-9-21-36/h1-29H. The first-order valence-electron chi connectivity index (χ1n) is 16.0. The summed E-state index contributed by atoms with van der Waals surface area (Å²) in [4.78, 5) is 0. The highest BCUT2D eigenvalue weighted by molar-refractivity contribution is 7.20. The lowest BCUT2D eigenvalue weighted by Crippen LogP contribution is -2.75. The maximum atomic E-state index is 10.7. The Morgan fingerprint density at radius 3 is 1.35 bits per heavy atom. The van der Waals surface area contributed by atoms with Crippen LogP contribution in [0.3, 0.4) is 0 Å². The van der Waals surface area contributed by atoms with Gasteiger partial charge in [-0.2, -0.15) is 10.5 Å². The number of hydrogen-bond acceptors (Lipinski definition) is 2. The molecule has 0 atom stereocenters. The van der Waals surface area contributed by atoms with Crippen molar-refractivity contribution >= 4 is 50.6 Å². The summed E-state index contributed by atoms with van der Waals surface area (Å²) in [5.74, 6) is 0. The summed E-state index contributed by atoms with van der Waals surface area (Å²) < 4.78 is 2.17. The Balaban J connectivity index is 1.50. The van der Waals surface area contributed by atoms with E-state index in [0.29, 0.717) is 11.1 Å². The summed E-state index contributed by atoms with van der Waals surface area (Å²) in [6, 6.07) is 66.3. The van der Waals surface area contributed by atoms with Crippen LogP contribution in [0.1, 0.15) is 11.1 Å². The number of rotatable bonds is 6. The monoisotopic (exact) mass is 627 g/mol. The fourth-order valence-electron chi connectivity index (χ4n) is 7.44. The molecular formula is C44H29N3Si. The van der Waals surface area contributed by atoms with Crippen LogP contribution < -0.4 is 20.7 Å². The van der Waals surface area contributed by atoms with Gasteiger partial charge >= 0.3 is 0 Å². The minimum absolute atomic E-state index is 0.456. The van der Waals surface area contributed by atoms with Crippen molar-refractivity contribution in [2.45, 2.75) is 0 Å². The van der Waals surface area contributed by atoms with Crippen molar-refractivity contribution in [3.05, 3.63) is 187 Å². The lowest BCUT2D eigenvalue weighted by atomic mass is 9.96. The van der Waals surface area contributed by atoms with Crippen molar-refractivity contribution in [2.75, 3.05) is 0 Å². The first kappa shape index (κ1) is 29.0. The van der Waals surface area contributed by atoms with E-state index in [1.165, 1.54) is 20.7 Å². The first-order valence-corrected chi connectivity index (χ1v) is 18.0. The van der Waals surface area contributed by atoms with E-state index in [1.807, 2.05) is 24.3 Å². The molecule has 0 bridgehead atoms. The van der Waals surface area contributed by atoms with Crippen LogP contribution in [0.2, 0.25) is 0 Å². The highest BCUT2D eigenvalue weighted by Crippen LogP contribution is 2.36. The maximum Gasteiger partial charge on any atom is 0.180 e. The van der Waals surface area contributed by atoms with E-state index in [-0.39, 0.29) is 0 Å². The summed E-state index contributed by atoms with van der Waals surface area (Å²) in [5, 5.41) is 28.3. The van der Waals surface area contributed by atoms with Crippen LogP contribution in [-0.4, -0.2) is 12.6 Å². The van der Waals surface area contributed by atoms with E-state index in [1.54, 1.807) is 6.07 Å². The highest BCUT2D eigenvalue weighted by Gasteiger charge is 2.43. The molecule has 0 fully saturated rings. The largest absolute Gasteiger partial charge is 0.308 e. The zero-order valence-electron chi connectivity index (χ0n) is 26.1. The summed E-state index contributed by atoms with van der Waals surface area (Å²) in [7, 11) is -2.94. The van der Waals surface area contributed by atoms with E-state index in [0.717, 1.165) is 38.6 Å². The second-order valence-electron chi connectivity index (χ2n) is 11.9.